The molecule has 2 aliphatic rings. The van der Waals surface area contributed by atoms with Crippen molar-refractivity contribution < 1.29 is 19.7 Å². The van der Waals surface area contributed by atoms with Gasteiger partial charge in [0.25, 0.3) is 0 Å². The number of fused-ring (bicyclic) bond motifs is 1. The third kappa shape index (κ3) is 7.29. The molecule has 3 aromatic carbocycles. The SMILES string of the molecule is O=C(Nc1cccnc1)N[C@@H]1CCN(c2nc(NCC(c3ccccc3)c3ccccc3)c3ncn([C@]4(c5nnn(Cc6ccccc6)n5)OC[C@@H](O)[C@H]4O)c3n2)C1. The van der Waals surface area contributed by atoms with Crippen molar-refractivity contribution in [3.05, 3.63) is 144 Å². The molecule has 58 heavy (non-hydrogen) atoms. The number of hydrogen-bond acceptors (Lipinski definition) is 13. The summed E-state index contributed by atoms with van der Waals surface area (Å²) in [5.41, 5.74) is 2.66. The summed E-state index contributed by atoms with van der Waals surface area (Å²) in [5, 5.41) is 45.4. The van der Waals surface area contributed by atoms with Gasteiger partial charge in [-0.3, -0.25) is 9.55 Å². The summed E-state index contributed by atoms with van der Waals surface area (Å²) < 4.78 is 7.85. The molecule has 6 heterocycles. The van der Waals surface area contributed by atoms with Gasteiger partial charge in [-0.1, -0.05) is 91.0 Å². The summed E-state index contributed by atoms with van der Waals surface area (Å²) in [6, 6.07) is 33.1. The van der Waals surface area contributed by atoms with Gasteiger partial charge in [0.2, 0.25) is 17.5 Å². The van der Waals surface area contributed by atoms with E-state index < -0.39 is 17.9 Å². The highest BCUT2D eigenvalue weighted by Gasteiger charge is 2.56. The van der Waals surface area contributed by atoms with Gasteiger partial charge in [-0.2, -0.15) is 14.8 Å². The van der Waals surface area contributed by atoms with Crippen LogP contribution in [0.2, 0.25) is 0 Å². The molecule has 9 rings (SSSR count). The van der Waals surface area contributed by atoms with Crippen molar-refractivity contribution in [1.29, 1.82) is 0 Å². The van der Waals surface area contributed by atoms with Crippen LogP contribution in [0.3, 0.4) is 0 Å². The number of nitrogens with zero attached hydrogens (tertiary/aromatic N) is 10. The molecule has 0 aliphatic carbocycles. The Morgan fingerprint density at radius 1 is 0.931 bits per heavy atom. The maximum Gasteiger partial charge on any atom is 0.319 e. The Morgan fingerprint density at radius 3 is 2.36 bits per heavy atom. The number of ether oxygens (including phenoxy) is 1. The van der Waals surface area contributed by atoms with Crippen LogP contribution in [0.25, 0.3) is 11.2 Å². The van der Waals surface area contributed by atoms with Crippen molar-refractivity contribution in [2.75, 3.05) is 41.8 Å². The third-order valence-corrected chi connectivity index (χ3v) is 10.5. The van der Waals surface area contributed by atoms with Crippen molar-refractivity contribution in [3.8, 4) is 0 Å². The van der Waals surface area contributed by atoms with Gasteiger partial charge < -0.3 is 35.8 Å². The molecular weight excluding hydrogens is 739 g/mol. The second-order valence-corrected chi connectivity index (χ2v) is 14.3. The fraction of sp³-hybridized carbons (Fsp3) is 0.268. The fourth-order valence-corrected chi connectivity index (χ4v) is 7.61. The van der Waals surface area contributed by atoms with Crippen LogP contribution in [0.4, 0.5) is 22.2 Å². The Bertz CT molecular complexity index is 2430. The number of aromatic nitrogens is 9. The van der Waals surface area contributed by atoms with E-state index >= 15 is 0 Å². The van der Waals surface area contributed by atoms with Crippen LogP contribution in [0.5, 0.6) is 0 Å². The largest absolute Gasteiger partial charge is 0.388 e. The first-order valence-corrected chi connectivity index (χ1v) is 19.1. The van der Waals surface area contributed by atoms with Crippen molar-refractivity contribution >= 4 is 34.6 Å². The van der Waals surface area contributed by atoms with Crippen molar-refractivity contribution in [1.82, 2.24) is 50.0 Å². The minimum Gasteiger partial charge on any atom is -0.388 e. The van der Waals surface area contributed by atoms with Crippen LogP contribution in [-0.4, -0.2) is 105 Å². The van der Waals surface area contributed by atoms with Crippen molar-refractivity contribution in [3.63, 3.8) is 0 Å². The van der Waals surface area contributed by atoms with Crippen molar-refractivity contribution in [2.24, 2.45) is 0 Å². The third-order valence-electron chi connectivity index (χ3n) is 10.5. The average Bonchev–Trinajstić information content (AvgIpc) is 4.08. The summed E-state index contributed by atoms with van der Waals surface area (Å²) >= 11 is 0. The number of aliphatic hydroxyl groups is 2. The zero-order chi connectivity index (χ0) is 39.5. The molecule has 4 aromatic heterocycles. The first-order chi connectivity index (χ1) is 28.4. The summed E-state index contributed by atoms with van der Waals surface area (Å²) in [5.74, 6) is 0.806. The molecule has 0 unspecified atom stereocenters. The lowest BCUT2D eigenvalue weighted by Crippen LogP contribution is -2.47. The number of carbonyl (C=O) groups excluding carboxylic acids is 1. The predicted octanol–water partition coefficient (Wildman–Crippen LogP) is 3.35. The smallest absolute Gasteiger partial charge is 0.319 e. The average molecular weight is 780 g/mol. The highest BCUT2D eigenvalue weighted by atomic mass is 16.6. The maximum atomic E-state index is 12.9. The van der Waals surface area contributed by atoms with E-state index in [1.807, 2.05) is 71.6 Å². The van der Waals surface area contributed by atoms with Crippen LogP contribution >= 0.6 is 0 Å². The number of urea groups is 1. The summed E-state index contributed by atoms with van der Waals surface area (Å²) in [7, 11) is 0. The maximum absolute atomic E-state index is 12.9. The summed E-state index contributed by atoms with van der Waals surface area (Å²) in [6.45, 7) is 1.56. The minimum absolute atomic E-state index is 0.0275. The second kappa shape index (κ2) is 16.0. The highest BCUT2D eigenvalue weighted by molar-refractivity contribution is 5.89. The highest BCUT2D eigenvalue weighted by Crippen LogP contribution is 2.39. The van der Waals surface area contributed by atoms with Crippen LogP contribution in [0, 0.1) is 0 Å². The van der Waals surface area contributed by atoms with Gasteiger partial charge in [-0.05, 0) is 40.5 Å². The standard InChI is InChI=1S/C41H41N13O4/c55-33-25-58-41(35(33)56,38-49-51-54(50-38)23-27-11-4-1-5-12-27)53-26-44-34-36(43-22-32(28-13-6-2-7-14-28)29-15-8-3-9-16-29)47-39(48-37(34)53)52-20-18-31(24-52)46-40(57)45-30-17-10-19-42-21-30/h1-17,19,21,26,31-33,35,55-56H,18,20,22-25H2,(H,43,47,48)(H2,45,46,57)/t31-,33-,35-,41+/m1/s1. The molecule has 7 aromatic rings. The Hall–Kier alpha value is -6.82. The first-order valence-electron chi connectivity index (χ1n) is 19.1. The Labute approximate surface area is 332 Å². The van der Waals surface area contributed by atoms with Crippen LogP contribution in [-0.2, 0) is 17.0 Å². The van der Waals surface area contributed by atoms with Crippen LogP contribution in [0.1, 0.15) is 34.9 Å². The van der Waals surface area contributed by atoms with Gasteiger partial charge in [0.1, 0.15) is 18.5 Å². The van der Waals surface area contributed by atoms with Gasteiger partial charge >= 0.3 is 6.03 Å². The zero-order valence-electron chi connectivity index (χ0n) is 31.3. The van der Waals surface area contributed by atoms with Gasteiger partial charge in [0.05, 0.1) is 25.0 Å². The molecule has 17 nitrogen and oxygen atoms in total. The molecule has 2 fully saturated rings. The molecular formula is C41H41N13O4. The molecule has 5 N–H and O–H groups in total. The predicted molar refractivity (Wildman–Crippen MR) is 214 cm³/mol. The van der Waals surface area contributed by atoms with E-state index in [0.29, 0.717) is 61.2 Å². The van der Waals surface area contributed by atoms with Gasteiger partial charge in [0.15, 0.2) is 17.0 Å². The van der Waals surface area contributed by atoms with Gasteiger partial charge in [0, 0.05) is 37.8 Å². The number of benzene rings is 3. The molecule has 294 valence electrons. The van der Waals surface area contributed by atoms with Gasteiger partial charge in [-0.25, -0.2) is 9.78 Å². The zero-order valence-corrected chi connectivity index (χ0v) is 31.3. The number of tetrazole rings is 1. The van der Waals surface area contributed by atoms with E-state index in [0.717, 1.165) is 16.7 Å². The molecule has 17 heteroatoms. The number of imidazole rings is 1. The molecule has 0 radical (unpaired) electrons. The van der Waals surface area contributed by atoms with E-state index in [-0.39, 0.29) is 30.4 Å². The topological polar surface area (TPSA) is 206 Å². The summed E-state index contributed by atoms with van der Waals surface area (Å²) in [4.78, 5) is 35.2. The molecule has 0 spiro atoms. The number of anilines is 3. The van der Waals surface area contributed by atoms with Crippen molar-refractivity contribution in [2.45, 2.75) is 42.9 Å². The number of aliphatic hydroxyl groups excluding tert-OH is 2. The molecule has 2 amide bonds. The molecule has 2 saturated heterocycles. The number of carbonyl (C=O) groups is 1. The fourth-order valence-electron chi connectivity index (χ4n) is 7.61. The number of pyridine rings is 1. The molecule has 2 aliphatic heterocycles. The van der Waals surface area contributed by atoms with E-state index in [2.05, 4.69) is 60.6 Å². The number of amides is 2. The lowest BCUT2D eigenvalue weighted by atomic mass is 9.91. The van der Waals surface area contributed by atoms with Crippen LogP contribution < -0.4 is 20.9 Å². The normalized spacial score (nSPS) is 20.5. The molecule has 0 bridgehead atoms. The first kappa shape index (κ1) is 36.8. The van der Waals surface area contributed by atoms with Crippen LogP contribution in [0.15, 0.2) is 122 Å². The number of hydrogen-bond donors (Lipinski definition) is 5. The number of rotatable bonds is 12. The lowest BCUT2D eigenvalue weighted by Gasteiger charge is -2.30. The molecule has 0 saturated carbocycles. The Morgan fingerprint density at radius 2 is 1.67 bits per heavy atom. The summed E-state index contributed by atoms with van der Waals surface area (Å²) in [6.07, 6.45) is 2.59. The molecule has 4 atom stereocenters. The van der Waals surface area contributed by atoms with Gasteiger partial charge in [-0.15, -0.1) is 10.2 Å². The number of nitrogens with one attached hydrogen (secondary N) is 3. The second-order valence-electron chi connectivity index (χ2n) is 14.3. The Kier molecular flexibility index (Phi) is 10.1. The van der Waals surface area contributed by atoms with E-state index in [1.54, 1.807) is 29.1 Å². The Balaban J connectivity index is 1.09. The lowest BCUT2D eigenvalue weighted by molar-refractivity contribution is -0.0951. The minimum atomic E-state index is -1.83. The quantitative estimate of drug-likeness (QED) is 0.121. The monoisotopic (exact) mass is 779 g/mol. The van der Waals surface area contributed by atoms with E-state index in [4.69, 9.17) is 19.7 Å². The van der Waals surface area contributed by atoms with E-state index in [9.17, 15) is 15.0 Å². The van der Waals surface area contributed by atoms with E-state index in [1.165, 1.54) is 11.1 Å².